The maximum absolute atomic E-state index is 5.66. The van der Waals surface area contributed by atoms with Crippen molar-refractivity contribution in [1.29, 1.82) is 0 Å². The summed E-state index contributed by atoms with van der Waals surface area (Å²) in [7, 11) is 0. The van der Waals surface area contributed by atoms with Gasteiger partial charge in [-0.05, 0) is 26.0 Å². The molecule has 1 aromatic heterocycles. The predicted octanol–water partition coefficient (Wildman–Crippen LogP) is 3.08. The molecule has 1 heterocycles. The third-order valence-electron chi connectivity index (χ3n) is 3.38. The minimum Gasteiger partial charge on any atom is -0.330 e. The van der Waals surface area contributed by atoms with Crippen molar-refractivity contribution < 1.29 is 0 Å². The van der Waals surface area contributed by atoms with Crippen molar-refractivity contribution in [2.45, 2.75) is 32.6 Å². The van der Waals surface area contributed by atoms with Gasteiger partial charge >= 0.3 is 0 Å². The molecule has 0 aliphatic heterocycles. The second-order valence-electron chi connectivity index (χ2n) is 5.55. The van der Waals surface area contributed by atoms with Gasteiger partial charge in [-0.2, -0.15) is 0 Å². The van der Waals surface area contributed by atoms with Crippen LogP contribution in [0.4, 0.5) is 0 Å². The Balaban J connectivity index is 2.36. The van der Waals surface area contributed by atoms with E-state index in [1.165, 1.54) is 5.56 Å². The Morgan fingerprint density at radius 1 is 1.11 bits per heavy atom. The predicted molar refractivity (Wildman–Crippen MR) is 78.9 cm³/mol. The fourth-order valence-corrected chi connectivity index (χ4v) is 2.04. The molecule has 2 rings (SSSR count). The summed E-state index contributed by atoms with van der Waals surface area (Å²) in [6.45, 7) is 6.99. The lowest BCUT2D eigenvalue weighted by molar-refractivity contribution is 0.457. The van der Waals surface area contributed by atoms with Gasteiger partial charge in [-0.15, -0.1) is 0 Å². The monoisotopic (exact) mass is 255 g/mol. The highest BCUT2D eigenvalue weighted by Crippen LogP contribution is 2.25. The molecule has 3 heteroatoms. The van der Waals surface area contributed by atoms with E-state index in [0.29, 0.717) is 6.54 Å². The molecule has 0 aliphatic carbocycles. The largest absolute Gasteiger partial charge is 0.330 e. The maximum Gasteiger partial charge on any atom is 0.134 e. The number of nitrogens with zero attached hydrogens (tertiary/aromatic N) is 2. The van der Waals surface area contributed by atoms with Gasteiger partial charge in [-0.1, -0.05) is 43.7 Å². The van der Waals surface area contributed by atoms with Crippen LogP contribution in [0.2, 0.25) is 0 Å². The lowest BCUT2D eigenvalue weighted by Crippen LogP contribution is -2.24. The third-order valence-corrected chi connectivity index (χ3v) is 3.38. The van der Waals surface area contributed by atoms with Crippen molar-refractivity contribution in [2.75, 3.05) is 6.54 Å². The van der Waals surface area contributed by atoms with Gasteiger partial charge in [0.05, 0.1) is 5.69 Å². The van der Waals surface area contributed by atoms with E-state index in [-0.39, 0.29) is 5.41 Å². The van der Waals surface area contributed by atoms with E-state index >= 15 is 0 Å². The molecule has 0 saturated carbocycles. The number of hydrogen-bond donors (Lipinski definition) is 1. The highest BCUT2D eigenvalue weighted by atomic mass is 14.9. The van der Waals surface area contributed by atoms with Crippen LogP contribution in [0.3, 0.4) is 0 Å². The normalized spacial score (nSPS) is 11.6. The highest BCUT2D eigenvalue weighted by Gasteiger charge is 2.23. The molecule has 0 amide bonds. The average molecular weight is 255 g/mol. The summed E-state index contributed by atoms with van der Waals surface area (Å²) in [5, 5.41) is 0. The minimum atomic E-state index is -0.0878. The van der Waals surface area contributed by atoms with Crippen LogP contribution in [0, 0.1) is 6.92 Å². The van der Waals surface area contributed by atoms with Crippen LogP contribution in [0.25, 0.3) is 11.3 Å². The van der Waals surface area contributed by atoms with Crippen molar-refractivity contribution >= 4 is 0 Å². The van der Waals surface area contributed by atoms with Gasteiger partial charge in [0.1, 0.15) is 5.82 Å². The first-order valence-electron chi connectivity index (χ1n) is 6.63. The van der Waals surface area contributed by atoms with Crippen LogP contribution in [0.15, 0.2) is 36.5 Å². The molecule has 1 aromatic carbocycles. The molecule has 0 spiro atoms. The van der Waals surface area contributed by atoms with Gasteiger partial charge in [0.2, 0.25) is 0 Å². The summed E-state index contributed by atoms with van der Waals surface area (Å²) in [4.78, 5) is 9.10. The molecule has 2 aromatic rings. The maximum atomic E-state index is 5.66. The van der Waals surface area contributed by atoms with E-state index < -0.39 is 0 Å². The van der Waals surface area contributed by atoms with Crippen molar-refractivity contribution in [3.8, 4) is 11.3 Å². The van der Waals surface area contributed by atoms with E-state index in [2.05, 4.69) is 50.0 Å². The number of aromatic nitrogens is 2. The van der Waals surface area contributed by atoms with E-state index in [0.717, 1.165) is 23.5 Å². The first kappa shape index (κ1) is 13.7. The zero-order valence-electron chi connectivity index (χ0n) is 11.9. The molecule has 0 bridgehead atoms. The van der Waals surface area contributed by atoms with Crippen molar-refractivity contribution in [2.24, 2.45) is 5.73 Å². The summed E-state index contributed by atoms with van der Waals surface area (Å²) in [5.74, 6) is 0.857. The van der Waals surface area contributed by atoms with E-state index in [4.69, 9.17) is 10.7 Å². The van der Waals surface area contributed by atoms with Crippen LogP contribution >= 0.6 is 0 Å². The van der Waals surface area contributed by atoms with Gasteiger partial charge in [-0.3, -0.25) is 0 Å². The SMILES string of the molecule is Cc1ccc(-c2ccnc(C(C)(C)CCN)n2)cc1. The quantitative estimate of drug-likeness (QED) is 0.913. The van der Waals surface area contributed by atoms with E-state index in [9.17, 15) is 0 Å². The second-order valence-corrected chi connectivity index (χ2v) is 5.55. The molecule has 0 atom stereocenters. The first-order chi connectivity index (χ1) is 9.03. The van der Waals surface area contributed by atoms with Gasteiger partial charge < -0.3 is 5.73 Å². The molecular weight excluding hydrogens is 234 g/mol. The zero-order chi connectivity index (χ0) is 13.9. The van der Waals surface area contributed by atoms with Crippen LogP contribution < -0.4 is 5.73 Å². The molecule has 0 fully saturated rings. The summed E-state index contributed by atoms with van der Waals surface area (Å²) < 4.78 is 0. The summed E-state index contributed by atoms with van der Waals surface area (Å²) in [6.07, 6.45) is 2.71. The fraction of sp³-hybridized carbons (Fsp3) is 0.375. The Kier molecular flexibility index (Phi) is 3.96. The summed E-state index contributed by atoms with van der Waals surface area (Å²) in [6, 6.07) is 10.3. The molecular formula is C16H21N3. The van der Waals surface area contributed by atoms with Gasteiger partial charge in [-0.25, -0.2) is 9.97 Å². The number of aryl methyl sites for hydroxylation is 1. The number of nitrogens with two attached hydrogens (primary N) is 1. The molecule has 0 unspecified atom stereocenters. The molecule has 3 nitrogen and oxygen atoms in total. The average Bonchev–Trinajstić information content (AvgIpc) is 2.40. The molecule has 100 valence electrons. The number of benzene rings is 1. The minimum absolute atomic E-state index is 0.0878. The van der Waals surface area contributed by atoms with Crippen molar-refractivity contribution in [1.82, 2.24) is 9.97 Å². The molecule has 2 N–H and O–H groups in total. The smallest absolute Gasteiger partial charge is 0.134 e. The van der Waals surface area contributed by atoms with Crippen molar-refractivity contribution in [3.63, 3.8) is 0 Å². The molecule has 0 saturated heterocycles. The Labute approximate surface area is 114 Å². The lowest BCUT2D eigenvalue weighted by Gasteiger charge is -2.22. The Bertz CT molecular complexity index is 544. The van der Waals surface area contributed by atoms with Crippen LogP contribution in [0.1, 0.15) is 31.7 Å². The molecule has 0 radical (unpaired) electrons. The molecule has 0 aliphatic rings. The lowest BCUT2D eigenvalue weighted by atomic mass is 9.88. The van der Waals surface area contributed by atoms with Crippen LogP contribution in [-0.2, 0) is 5.41 Å². The zero-order valence-corrected chi connectivity index (χ0v) is 11.9. The fourth-order valence-electron chi connectivity index (χ4n) is 2.04. The van der Waals surface area contributed by atoms with Gasteiger partial charge in [0, 0.05) is 17.2 Å². The van der Waals surface area contributed by atoms with Gasteiger partial charge in [0.25, 0.3) is 0 Å². The molecule has 19 heavy (non-hydrogen) atoms. The summed E-state index contributed by atoms with van der Waals surface area (Å²) >= 11 is 0. The Morgan fingerprint density at radius 2 is 1.79 bits per heavy atom. The van der Waals surface area contributed by atoms with Crippen LogP contribution in [-0.4, -0.2) is 16.5 Å². The highest BCUT2D eigenvalue weighted by molar-refractivity contribution is 5.59. The standard InChI is InChI=1S/C16H21N3/c1-12-4-6-13(7-5-12)14-8-11-18-15(19-14)16(2,3)9-10-17/h4-8,11H,9-10,17H2,1-3H3. The first-order valence-corrected chi connectivity index (χ1v) is 6.63. The third kappa shape index (κ3) is 3.18. The van der Waals surface area contributed by atoms with Crippen molar-refractivity contribution in [3.05, 3.63) is 47.9 Å². The van der Waals surface area contributed by atoms with Gasteiger partial charge in [0.15, 0.2) is 0 Å². The Morgan fingerprint density at radius 3 is 2.42 bits per heavy atom. The Hall–Kier alpha value is -1.74. The van der Waals surface area contributed by atoms with E-state index in [1.807, 2.05) is 12.3 Å². The topological polar surface area (TPSA) is 51.8 Å². The van der Waals surface area contributed by atoms with Crippen LogP contribution in [0.5, 0.6) is 0 Å². The second kappa shape index (κ2) is 5.49. The number of hydrogen-bond acceptors (Lipinski definition) is 3. The summed E-state index contributed by atoms with van der Waals surface area (Å²) in [5.41, 5.74) is 8.92. The number of rotatable bonds is 4. The van der Waals surface area contributed by atoms with E-state index in [1.54, 1.807) is 0 Å².